The number of hydrogen-bond donors (Lipinski definition) is 1. The molecule has 108 valence electrons. The molecule has 0 atom stereocenters. The molecule has 0 amide bonds. The van der Waals surface area contributed by atoms with E-state index in [0.717, 1.165) is 0 Å². The van der Waals surface area contributed by atoms with Gasteiger partial charge in [0.05, 0.1) is 18.4 Å². The Morgan fingerprint density at radius 2 is 2.14 bits per heavy atom. The van der Waals surface area contributed by atoms with Gasteiger partial charge in [-0.3, -0.25) is 0 Å². The minimum atomic E-state index is -0.413. The van der Waals surface area contributed by atoms with Gasteiger partial charge in [-0.05, 0) is 24.3 Å². The molecule has 0 spiro atoms. The fourth-order valence-corrected chi connectivity index (χ4v) is 1.66. The lowest BCUT2D eigenvalue weighted by Crippen LogP contribution is -2.01. The molecule has 1 N–H and O–H groups in total. The number of aromatic nitrogens is 1. The van der Waals surface area contributed by atoms with E-state index in [-0.39, 0.29) is 13.2 Å². The zero-order chi connectivity index (χ0) is 15.1. The number of ether oxygens (including phenoxy) is 2. The maximum absolute atomic E-state index is 13.2. The summed E-state index contributed by atoms with van der Waals surface area (Å²) < 4.78 is 23.9. The summed E-state index contributed by atoms with van der Waals surface area (Å²) in [6.45, 7) is -0.0932. The van der Waals surface area contributed by atoms with Crippen molar-refractivity contribution in [1.29, 1.82) is 0 Å². The number of pyridine rings is 1. The molecule has 0 aliphatic heterocycles. The van der Waals surface area contributed by atoms with Crippen LogP contribution in [0.2, 0.25) is 0 Å². The molecule has 1 aromatic heterocycles. The molecular weight excluding hydrogens is 273 g/mol. The van der Waals surface area contributed by atoms with Crippen LogP contribution in [0.4, 0.5) is 4.39 Å². The SMILES string of the molecule is COc1cccc(COc2ccc(F)cc2C#CCO)n1. The van der Waals surface area contributed by atoms with Crippen LogP contribution in [0.25, 0.3) is 0 Å². The second-order valence-electron chi connectivity index (χ2n) is 4.06. The molecule has 0 saturated carbocycles. The number of nitrogens with zero attached hydrogens (tertiary/aromatic N) is 1. The summed E-state index contributed by atoms with van der Waals surface area (Å²) in [6, 6.07) is 9.39. The van der Waals surface area contributed by atoms with E-state index >= 15 is 0 Å². The van der Waals surface area contributed by atoms with Crippen LogP contribution >= 0.6 is 0 Å². The summed E-state index contributed by atoms with van der Waals surface area (Å²) in [5, 5.41) is 8.72. The summed E-state index contributed by atoms with van der Waals surface area (Å²) in [4.78, 5) is 4.22. The van der Waals surface area contributed by atoms with Gasteiger partial charge in [0.25, 0.3) is 0 Å². The molecule has 2 rings (SSSR count). The van der Waals surface area contributed by atoms with Gasteiger partial charge < -0.3 is 14.6 Å². The highest BCUT2D eigenvalue weighted by Crippen LogP contribution is 2.20. The van der Waals surface area contributed by atoms with Gasteiger partial charge in [0, 0.05) is 6.07 Å². The first-order chi connectivity index (χ1) is 10.2. The highest BCUT2D eigenvalue weighted by molar-refractivity contribution is 5.46. The van der Waals surface area contributed by atoms with Crippen molar-refractivity contribution in [1.82, 2.24) is 4.98 Å². The van der Waals surface area contributed by atoms with Crippen LogP contribution in [-0.2, 0) is 6.61 Å². The van der Waals surface area contributed by atoms with Crippen LogP contribution in [0.15, 0.2) is 36.4 Å². The average molecular weight is 287 g/mol. The summed E-state index contributed by atoms with van der Waals surface area (Å²) >= 11 is 0. The van der Waals surface area contributed by atoms with Crippen molar-refractivity contribution < 1.29 is 19.0 Å². The van der Waals surface area contributed by atoms with E-state index in [9.17, 15) is 4.39 Å². The standard InChI is InChI=1S/C16H14FNO3/c1-20-16-6-2-5-14(18-16)11-21-15-8-7-13(17)10-12(15)4-3-9-19/h2,5-8,10,19H,9,11H2,1H3. The third kappa shape index (κ3) is 4.20. The maximum atomic E-state index is 13.2. The smallest absolute Gasteiger partial charge is 0.213 e. The minimum absolute atomic E-state index is 0.205. The fourth-order valence-electron chi connectivity index (χ4n) is 1.66. The molecule has 0 aliphatic rings. The zero-order valence-electron chi connectivity index (χ0n) is 11.5. The summed E-state index contributed by atoms with van der Waals surface area (Å²) in [7, 11) is 1.54. The minimum Gasteiger partial charge on any atom is -0.486 e. The molecule has 5 heteroatoms. The number of hydrogen-bond acceptors (Lipinski definition) is 4. The van der Waals surface area contributed by atoms with Crippen molar-refractivity contribution in [2.45, 2.75) is 6.61 Å². The quantitative estimate of drug-likeness (QED) is 0.875. The van der Waals surface area contributed by atoms with Gasteiger partial charge in [-0.25, -0.2) is 9.37 Å². The second kappa shape index (κ2) is 7.27. The number of methoxy groups -OCH3 is 1. The van der Waals surface area contributed by atoms with E-state index in [1.54, 1.807) is 12.1 Å². The Labute approximate surface area is 122 Å². The zero-order valence-corrected chi connectivity index (χ0v) is 11.5. The van der Waals surface area contributed by atoms with Crippen LogP contribution in [0.3, 0.4) is 0 Å². The second-order valence-corrected chi connectivity index (χ2v) is 4.06. The first kappa shape index (κ1) is 14.8. The Balaban J connectivity index is 2.15. The van der Waals surface area contributed by atoms with Gasteiger partial charge in [0.15, 0.2) is 0 Å². The van der Waals surface area contributed by atoms with Crippen LogP contribution in [-0.4, -0.2) is 23.8 Å². The molecule has 0 saturated heterocycles. The van der Waals surface area contributed by atoms with Crippen LogP contribution in [0.5, 0.6) is 11.6 Å². The Kier molecular flexibility index (Phi) is 5.13. The average Bonchev–Trinajstić information content (AvgIpc) is 2.52. The number of benzene rings is 1. The normalized spacial score (nSPS) is 9.67. The van der Waals surface area contributed by atoms with Gasteiger partial charge in [0.1, 0.15) is 24.8 Å². The topological polar surface area (TPSA) is 51.6 Å². The van der Waals surface area contributed by atoms with E-state index in [1.165, 1.54) is 25.3 Å². The van der Waals surface area contributed by atoms with Crippen molar-refractivity contribution in [3.05, 3.63) is 53.5 Å². The maximum Gasteiger partial charge on any atom is 0.213 e. The van der Waals surface area contributed by atoms with Crippen molar-refractivity contribution in [3.63, 3.8) is 0 Å². The predicted molar refractivity (Wildman–Crippen MR) is 75.5 cm³/mol. The number of aliphatic hydroxyl groups is 1. The summed E-state index contributed by atoms with van der Waals surface area (Å²) in [5.41, 5.74) is 1.06. The van der Waals surface area contributed by atoms with Crippen molar-refractivity contribution in [2.75, 3.05) is 13.7 Å². The molecule has 0 bridgehead atoms. The Hall–Kier alpha value is -2.58. The lowest BCUT2D eigenvalue weighted by Gasteiger charge is -2.08. The van der Waals surface area contributed by atoms with E-state index in [1.807, 2.05) is 6.07 Å². The Morgan fingerprint density at radius 3 is 2.90 bits per heavy atom. The largest absolute Gasteiger partial charge is 0.486 e. The molecule has 4 nitrogen and oxygen atoms in total. The highest BCUT2D eigenvalue weighted by Gasteiger charge is 2.05. The van der Waals surface area contributed by atoms with Gasteiger partial charge in [-0.15, -0.1) is 0 Å². The molecule has 2 aromatic rings. The molecule has 0 fully saturated rings. The molecule has 1 aromatic carbocycles. The van der Waals surface area contributed by atoms with Crippen molar-refractivity contribution in [3.8, 4) is 23.5 Å². The molecule has 0 unspecified atom stereocenters. The van der Waals surface area contributed by atoms with E-state index in [0.29, 0.717) is 22.9 Å². The number of aliphatic hydroxyl groups excluding tert-OH is 1. The monoisotopic (exact) mass is 287 g/mol. The lowest BCUT2D eigenvalue weighted by molar-refractivity contribution is 0.297. The van der Waals surface area contributed by atoms with Gasteiger partial charge >= 0.3 is 0 Å². The molecule has 0 radical (unpaired) electrons. The van der Waals surface area contributed by atoms with Crippen molar-refractivity contribution >= 4 is 0 Å². The number of halogens is 1. The fraction of sp³-hybridized carbons (Fsp3) is 0.188. The van der Waals surface area contributed by atoms with Crippen LogP contribution < -0.4 is 9.47 Å². The van der Waals surface area contributed by atoms with E-state index < -0.39 is 5.82 Å². The molecule has 0 aliphatic carbocycles. The third-order valence-electron chi connectivity index (χ3n) is 2.61. The summed E-state index contributed by atoms with van der Waals surface area (Å²) in [6.07, 6.45) is 0. The van der Waals surface area contributed by atoms with E-state index in [4.69, 9.17) is 14.6 Å². The van der Waals surface area contributed by atoms with Crippen molar-refractivity contribution in [2.24, 2.45) is 0 Å². The first-order valence-corrected chi connectivity index (χ1v) is 6.25. The molecular formula is C16H14FNO3. The van der Waals surface area contributed by atoms with Gasteiger partial charge in [0.2, 0.25) is 5.88 Å². The molecule has 21 heavy (non-hydrogen) atoms. The lowest BCUT2D eigenvalue weighted by atomic mass is 10.2. The van der Waals surface area contributed by atoms with Gasteiger partial charge in [-0.2, -0.15) is 0 Å². The van der Waals surface area contributed by atoms with Crippen LogP contribution in [0, 0.1) is 17.7 Å². The third-order valence-corrected chi connectivity index (χ3v) is 2.61. The van der Waals surface area contributed by atoms with E-state index in [2.05, 4.69) is 16.8 Å². The van der Waals surface area contributed by atoms with Crippen LogP contribution in [0.1, 0.15) is 11.3 Å². The Bertz CT molecular complexity index is 677. The molecule has 1 heterocycles. The Morgan fingerprint density at radius 1 is 1.29 bits per heavy atom. The highest BCUT2D eigenvalue weighted by atomic mass is 19.1. The first-order valence-electron chi connectivity index (χ1n) is 6.25. The van der Waals surface area contributed by atoms with Gasteiger partial charge in [-0.1, -0.05) is 17.9 Å². The number of rotatable bonds is 4. The summed E-state index contributed by atoms with van der Waals surface area (Å²) in [5.74, 6) is 5.64. The predicted octanol–water partition coefficient (Wildman–Crippen LogP) is 2.15.